The molecule has 0 saturated carbocycles. The van der Waals surface area contributed by atoms with E-state index in [4.69, 9.17) is 14.2 Å². The Kier molecular flexibility index (Phi) is 8.17. The second-order valence-corrected chi connectivity index (χ2v) is 8.02. The lowest BCUT2D eigenvalue weighted by Gasteiger charge is -2.39. The minimum Gasteiger partial charge on any atom is -0.507 e. The first kappa shape index (κ1) is 24.1. The lowest BCUT2D eigenvalue weighted by Crippen LogP contribution is -2.48. The van der Waals surface area contributed by atoms with Crippen LogP contribution in [0.15, 0.2) is 29.1 Å². The van der Waals surface area contributed by atoms with Gasteiger partial charge in [-0.05, 0) is 37.2 Å². The molecule has 1 aliphatic heterocycles. The largest absolute Gasteiger partial charge is 0.507 e. The van der Waals surface area contributed by atoms with Gasteiger partial charge in [0.1, 0.15) is 5.75 Å². The van der Waals surface area contributed by atoms with Crippen molar-refractivity contribution >= 4 is 0 Å². The maximum Gasteiger partial charge on any atom is 0.259 e. The fourth-order valence-electron chi connectivity index (χ4n) is 4.41. The number of rotatable bonds is 9. The van der Waals surface area contributed by atoms with Gasteiger partial charge in [0.25, 0.3) is 5.56 Å². The zero-order chi connectivity index (χ0) is 23.3. The fourth-order valence-corrected chi connectivity index (χ4v) is 4.41. The summed E-state index contributed by atoms with van der Waals surface area (Å²) in [7, 11) is 4.80. The van der Waals surface area contributed by atoms with Gasteiger partial charge in [-0.3, -0.25) is 9.69 Å². The normalized spacial score (nSPS) is 16.2. The summed E-state index contributed by atoms with van der Waals surface area (Å²) in [5.41, 5.74) is 1.76. The third-order valence-corrected chi connectivity index (χ3v) is 6.26. The lowest BCUT2D eigenvalue weighted by molar-refractivity contribution is 0.111. The van der Waals surface area contributed by atoms with Gasteiger partial charge in [-0.2, -0.15) is 0 Å². The van der Waals surface area contributed by atoms with Crippen molar-refractivity contribution in [3.05, 3.63) is 51.4 Å². The molecule has 2 aromatic rings. The molecule has 0 spiro atoms. The van der Waals surface area contributed by atoms with Gasteiger partial charge < -0.3 is 28.8 Å². The fraction of sp³-hybridized carbons (Fsp3) is 0.542. The number of likely N-dealkylation sites (N-methyl/N-ethyl adjacent to an activating group) is 1. The highest BCUT2D eigenvalue weighted by Crippen LogP contribution is 2.37. The van der Waals surface area contributed by atoms with Crippen molar-refractivity contribution in [2.24, 2.45) is 0 Å². The van der Waals surface area contributed by atoms with Crippen LogP contribution in [0.1, 0.15) is 29.8 Å². The Bertz CT molecular complexity index is 967. The number of aromatic hydroxyl groups is 1. The van der Waals surface area contributed by atoms with E-state index in [0.717, 1.165) is 38.3 Å². The SMILES string of the molecule is CCN1CCN([C@@H](c2ccc(OC)c(OC)c2)c2c(O)cc(C)n(CCOC)c2=O)CC1. The van der Waals surface area contributed by atoms with Gasteiger partial charge in [0.2, 0.25) is 0 Å². The first-order chi connectivity index (χ1) is 15.4. The van der Waals surface area contributed by atoms with E-state index in [1.807, 2.05) is 25.1 Å². The lowest BCUT2D eigenvalue weighted by atomic mass is 9.95. The van der Waals surface area contributed by atoms with Crippen LogP contribution in [0.25, 0.3) is 0 Å². The summed E-state index contributed by atoms with van der Waals surface area (Å²) in [6.45, 7) is 9.21. The molecule has 176 valence electrons. The van der Waals surface area contributed by atoms with E-state index < -0.39 is 6.04 Å². The van der Waals surface area contributed by atoms with E-state index in [-0.39, 0.29) is 11.3 Å². The average molecular weight is 446 g/mol. The van der Waals surface area contributed by atoms with Crippen molar-refractivity contribution in [2.45, 2.75) is 26.4 Å². The summed E-state index contributed by atoms with van der Waals surface area (Å²) in [6.07, 6.45) is 0. The van der Waals surface area contributed by atoms with Crippen molar-refractivity contribution in [1.29, 1.82) is 0 Å². The van der Waals surface area contributed by atoms with Crippen molar-refractivity contribution in [3.63, 3.8) is 0 Å². The highest BCUT2D eigenvalue weighted by molar-refractivity contribution is 5.48. The van der Waals surface area contributed by atoms with Crippen LogP contribution in [0.3, 0.4) is 0 Å². The highest BCUT2D eigenvalue weighted by atomic mass is 16.5. The molecule has 0 bridgehead atoms. The van der Waals surface area contributed by atoms with E-state index in [2.05, 4.69) is 16.7 Å². The molecule has 2 heterocycles. The molecule has 1 aliphatic rings. The van der Waals surface area contributed by atoms with Crippen LogP contribution in [0, 0.1) is 6.92 Å². The quantitative estimate of drug-likeness (QED) is 0.634. The molecule has 0 radical (unpaired) electrons. The maximum absolute atomic E-state index is 13.6. The van der Waals surface area contributed by atoms with Crippen molar-refractivity contribution in [2.75, 3.05) is 60.7 Å². The molecule has 1 N–H and O–H groups in total. The smallest absolute Gasteiger partial charge is 0.259 e. The maximum atomic E-state index is 13.6. The molecule has 1 aromatic carbocycles. The number of methoxy groups -OCH3 is 3. The number of aryl methyl sites for hydroxylation is 1. The third-order valence-electron chi connectivity index (χ3n) is 6.26. The molecule has 3 rings (SSSR count). The first-order valence-corrected chi connectivity index (χ1v) is 11.1. The summed E-state index contributed by atoms with van der Waals surface area (Å²) >= 11 is 0. The van der Waals surface area contributed by atoms with Gasteiger partial charge >= 0.3 is 0 Å². The Morgan fingerprint density at radius 1 is 1.03 bits per heavy atom. The van der Waals surface area contributed by atoms with Crippen LogP contribution in [0.2, 0.25) is 0 Å². The molecule has 32 heavy (non-hydrogen) atoms. The number of ether oxygens (including phenoxy) is 3. The number of piperazine rings is 1. The average Bonchev–Trinajstić information content (AvgIpc) is 2.81. The summed E-state index contributed by atoms with van der Waals surface area (Å²) in [6, 6.07) is 6.95. The highest BCUT2D eigenvalue weighted by Gasteiger charge is 2.31. The third kappa shape index (κ3) is 4.92. The second-order valence-electron chi connectivity index (χ2n) is 8.02. The van der Waals surface area contributed by atoms with E-state index >= 15 is 0 Å². The van der Waals surface area contributed by atoms with Gasteiger partial charge in [0.05, 0.1) is 32.4 Å². The number of pyridine rings is 1. The van der Waals surface area contributed by atoms with Crippen molar-refractivity contribution in [1.82, 2.24) is 14.4 Å². The standard InChI is InChI=1S/C24H35N3O5/c1-6-25-9-11-26(12-10-25)23(18-7-8-20(31-4)21(16-18)32-5)22-19(28)15-17(2)27(24(22)29)13-14-30-3/h7-8,15-16,23,28H,6,9-14H2,1-5H3/t23-/m0/s1. The van der Waals surface area contributed by atoms with Crippen LogP contribution in [-0.4, -0.2) is 80.1 Å². The first-order valence-electron chi connectivity index (χ1n) is 11.1. The van der Waals surface area contributed by atoms with E-state index in [9.17, 15) is 9.90 Å². The van der Waals surface area contributed by atoms with Crippen molar-refractivity contribution in [3.8, 4) is 17.2 Å². The zero-order valence-electron chi connectivity index (χ0n) is 19.8. The summed E-state index contributed by atoms with van der Waals surface area (Å²) in [5, 5.41) is 11.0. The number of hydrogen-bond acceptors (Lipinski definition) is 7. The summed E-state index contributed by atoms with van der Waals surface area (Å²) in [5.74, 6) is 1.23. The van der Waals surface area contributed by atoms with Crippen LogP contribution >= 0.6 is 0 Å². The summed E-state index contributed by atoms with van der Waals surface area (Å²) in [4.78, 5) is 18.3. The monoisotopic (exact) mass is 445 g/mol. The molecule has 0 unspecified atom stereocenters. The Morgan fingerprint density at radius 2 is 1.72 bits per heavy atom. The van der Waals surface area contributed by atoms with Crippen LogP contribution in [-0.2, 0) is 11.3 Å². The predicted octanol–water partition coefficient (Wildman–Crippen LogP) is 2.25. The molecule has 0 amide bonds. The topological polar surface area (TPSA) is 76.4 Å². The van der Waals surface area contributed by atoms with Gasteiger partial charge in [0.15, 0.2) is 11.5 Å². The predicted molar refractivity (Wildman–Crippen MR) is 124 cm³/mol. The van der Waals surface area contributed by atoms with Crippen LogP contribution in [0.4, 0.5) is 0 Å². The van der Waals surface area contributed by atoms with Gasteiger partial charge in [-0.1, -0.05) is 13.0 Å². The second kappa shape index (κ2) is 10.8. The minimum absolute atomic E-state index is 0.0128. The van der Waals surface area contributed by atoms with Gasteiger partial charge in [-0.25, -0.2) is 0 Å². The number of aromatic nitrogens is 1. The van der Waals surface area contributed by atoms with Gasteiger partial charge in [0, 0.05) is 45.5 Å². The van der Waals surface area contributed by atoms with E-state index in [1.165, 1.54) is 0 Å². The number of benzene rings is 1. The molecular formula is C24H35N3O5. The Labute approximate surface area is 189 Å². The molecular weight excluding hydrogens is 410 g/mol. The Balaban J connectivity index is 2.15. The number of nitrogens with zero attached hydrogens (tertiary/aromatic N) is 3. The van der Waals surface area contributed by atoms with Gasteiger partial charge in [-0.15, -0.1) is 0 Å². The molecule has 1 saturated heterocycles. The molecule has 1 fully saturated rings. The Hall–Kier alpha value is -2.55. The zero-order valence-corrected chi connectivity index (χ0v) is 19.8. The van der Waals surface area contributed by atoms with E-state index in [0.29, 0.717) is 35.9 Å². The van der Waals surface area contributed by atoms with Crippen LogP contribution in [0.5, 0.6) is 17.2 Å². The Morgan fingerprint density at radius 3 is 2.31 bits per heavy atom. The molecule has 0 aliphatic carbocycles. The summed E-state index contributed by atoms with van der Waals surface area (Å²) < 4.78 is 17.8. The molecule has 1 atom stereocenters. The molecule has 1 aromatic heterocycles. The van der Waals surface area contributed by atoms with Crippen molar-refractivity contribution < 1.29 is 19.3 Å². The number of hydrogen-bond donors (Lipinski definition) is 1. The van der Waals surface area contributed by atoms with Crippen LogP contribution < -0.4 is 15.0 Å². The minimum atomic E-state index is -0.407. The molecule has 8 heteroatoms. The molecule has 8 nitrogen and oxygen atoms in total. The van der Waals surface area contributed by atoms with E-state index in [1.54, 1.807) is 32.0 Å².